The molecular formula is C12H18O7. The van der Waals surface area contributed by atoms with Gasteiger partial charge in [0.15, 0.2) is 5.78 Å². The van der Waals surface area contributed by atoms with Gasteiger partial charge < -0.3 is 19.3 Å². The van der Waals surface area contributed by atoms with Gasteiger partial charge in [-0.05, 0) is 13.8 Å². The Morgan fingerprint density at radius 3 is 2.26 bits per heavy atom. The molecule has 0 aliphatic rings. The van der Waals surface area contributed by atoms with Crippen molar-refractivity contribution in [2.45, 2.75) is 20.0 Å². The van der Waals surface area contributed by atoms with Gasteiger partial charge in [-0.25, -0.2) is 9.59 Å². The fourth-order valence-electron chi connectivity index (χ4n) is 0.975. The van der Waals surface area contributed by atoms with Crippen molar-refractivity contribution in [3.05, 3.63) is 12.2 Å². The minimum Gasteiger partial charge on any atom is -0.394 e. The Hall–Kier alpha value is -1.57. The second-order valence-electron chi connectivity index (χ2n) is 3.69. The van der Waals surface area contributed by atoms with Crippen LogP contribution < -0.4 is 0 Å². The normalized spacial score (nSPS) is 11.7. The maximum absolute atomic E-state index is 11.5. The minimum absolute atomic E-state index is 0.0411. The van der Waals surface area contributed by atoms with Gasteiger partial charge in [-0.15, -0.1) is 0 Å². The van der Waals surface area contributed by atoms with Crippen molar-refractivity contribution in [3.63, 3.8) is 0 Å². The van der Waals surface area contributed by atoms with Crippen LogP contribution in [0.25, 0.3) is 0 Å². The number of rotatable bonds is 9. The summed E-state index contributed by atoms with van der Waals surface area (Å²) in [4.78, 5) is 33.9. The van der Waals surface area contributed by atoms with Crippen molar-refractivity contribution in [1.82, 2.24) is 0 Å². The van der Waals surface area contributed by atoms with Crippen molar-refractivity contribution in [2.24, 2.45) is 0 Å². The molecule has 7 heteroatoms. The van der Waals surface area contributed by atoms with Crippen LogP contribution in [0.5, 0.6) is 0 Å². The Morgan fingerprint density at radius 1 is 1.16 bits per heavy atom. The molecule has 0 saturated heterocycles. The van der Waals surface area contributed by atoms with Crippen LogP contribution in [0, 0.1) is 0 Å². The smallest absolute Gasteiger partial charge is 0.350 e. The van der Waals surface area contributed by atoms with Crippen LogP contribution in [0.3, 0.4) is 0 Å². The van der Waals surface area contributed by atoms with E-state index >= 15 is 0 Å². The van der Waals surface area contributed by atoms with Gasteiger partial charge in [0.25, 0.3) is 0 Å². The third kappa shape index (κ3) is 7.45. The molecule has 7 nitrogen and oxygen atoms in total. The number of esters is 2. The summed E-state index contributed by atoms with van der Waals surface area (Å²) in [5, 5.41) is 8.46. The van der Waals surface area contributed by atoms with Gasteiger partial charge in [0, 0.05) is 5.57 Å². The number of aliphatic hydroxyl groups is 1. The molecule has 0 spiro atoms. The maximum Gasteiger partial charge on any atom is 0.350 e. The average molecular weight is 274 g/mol. The molecule has 0 aromatic carbocycles. The van der Waals surface area contributed by atoms with Gasteiger partial charge in [0.1, 0.15) is 0 Å². The molecule has 0 rings (SSSR count). The fraction of sp³-hybridized carbons (Fsp3) is 0.583. The first kappa shape index (κ1) is 17.4. The van der Waals surface area contributed by atoms with Gasteiger partial charge >= 0.3 is 11.9 Å². The van der Waals surface area contributed by atoms with Crippen LogP contribution in [0.2, 0.25) is 0 Å². The number of aliphatic hydroxyl groups excluding tert-OH is 1. The number of hydrogen-bond donors (Lipinski definition) is 1. The molecule has 1 N–H and O–H groups in total. The molecule has 0 radical (unpaired) electrons. The van der Waals surface area contributed by atoms with Crippen LogP contribution in [0.15, 0.2) is 12.2 Å². The molecule has 0 fully saturated rings. The highest BCUT2D eigenvalue weighted by atomic mass is 16.6. The highest BCUT2D eigenvalue weighted by Gasteiger charge is 2.28. The molecule has 0 aliphatic carbocycles. The Morgan fingerprint density at radius 2 is 1.79 bits per heavy atom. The first-order chi connectivity index (χ1) is 8.90. The van der Waals surface area contributed by atoms with Crippen molar-refractivity contribution in [2.75, 3.05) is 26.4 Å². The van der Waals surface area contributed by atoms with Crippen molar-refractivity contribution in [3.8, 4) is 0 Å². The van der Waals surface area contributed by atoms with Crippen LogP contribution in [-0.2, 0) is 28.6 Å². The van der Waals surface area contributed by atoms with Crippen molar-refractivity contribution >= 4 is 17.7 Å². The van der Waals surface area contributed by atoms with Crippen LogP contribution in [0.1, 0.15) is 13.8 Å². The minimum atomic E-state index is -1.47. The lowest BCUT2D eigenvalue weighted by molar-refractivity contribution is -0.168. The second kappa shape index (κ2) is 9.37. The number of carbonyl (C=O) groups is 3. The first-order valence-electron chi connectivity index (χ1n) is 5.62. The summed E-state index contributed by atoms with van der Waals surface area (Å²) in [7, 11) is 0. The average Bonchev–Trinajstić information content (AvgIpc) is 2.32. The predicted molar refractivity (Wildman–Crippen MR) is 64.2 cm³/mol. The Bertz CT molecular complexity index is 348. The number of carbonyl (C=O) groups excluding carboxylic acids is 3. The fourth-order valence-corrected chi connectivity index (χ4v) is 0.975. The van der Waals surface area contributed by atoms with Gasteiger partial charge in [-0.2, -0.15) is 0 Å². The van der Waals surface area contributed by atoms with E-state index in [2.05, 4.69) is 11.3 Å². The van der Waals surface area contributed by atoms with E-state index in [4.69, 9.17) is 14.6 Å². The van der Waals surface area contributed by atoms with Crippen molar-refractivity contribution in [1.29, 1.82) is 0 Å². The van der Waals surface area contributed by atoms with Crippen LogP contribution >= 0.6 is 0 Å². The van der Waals surface area contributed by atoms with E-state index in [1.54, 1.807) is 0 Å². The number of Topliss-reactive ketones (excluding diaryl/α,β-unsaturated/α-hetero) is 1. The summed E-state index contributed by atoms with van der Waals surface area (Å²) in [6.07, 6.45) is -1.47. The molecule has 0 aliphatic heterocycles. The zero-order valence-electron chi connectivity index (χ0n) is 11.0. The molecule has 19 heavy (non-hydrogen) atoms. The zero-order valence-corrected chi connectivity index (χ0v) is 11.0. The quantitative estimate of drug-likeness (QED) is 0.265. The third-order valence-electron chi connectivity index (χ3n) is 1.87. The highest BCUT2D eigenvalue weighted by molar-refractivity contribution is 6.06. The van der Waals surface area contributed by atoms with Gasteiger partial charge in [-0.3, -0.25) is 4.79 Å². The van der Waals surface area contributed by atoms with E-state index in [1.807, 2.05) is 0 Å². The molecule has 108 valence electrons. The van der Waals surface area contributed by atoms with E-state index in [1.165, 1.54) is 6.92 Å². The lowest BCUT2D eigenvalue weighted by atomic mass is 10.2. The summed E-state index contributed by atoms with van der Waals surface area (Å²) >= 11 is 0. The van der Waals surface area contributed by atoms with E-state index in [9.17, 15) is 14.4 Å². The van der Waals surface area contributed by atoms with Crippen molar-refractivity contribution < 1.29 is 33.7 Å². The predicted octanol–water partition coefficient (Wildman–Crippen LogP) is -0.385. The molecular weight excluding hydrogens is 256 g/mol. The van der Waals surface area contributed by atoms with Crippen LogP contribution in [0.4, 0.5) is 0 Å². The summed E-state index contributed by atoms with van der Waals surface area (Å²) in [5.41, 5.74) is 0.0435. The monoisotopic (exact) mass is 274 g/mol. The first-order valence-corrected chi connectivity index (χ1v) is 5.62. The SMILES string of the molecule is C=C(C)C(=O)OC(=O)C(OCCOCCO)C(C)=O. The molecule has 1 atom stereocenters. The third-order valence-corrected chi connectivity index (χ3v) is 1.87. The number of ether oxygens (including phenoxy) is 3. The van der Waals surface area contributed by atoms with Gasteiger partial charge in [0.2, 0.25) is 6.10 Å². The Kier molecular flexibility index (Phi) is 8.60. The molecule has 0 aromatic heterocycles. The molecule has 0 heterocycles. The molecule has 0 saturated carbocycles. The zero-order chi connectivity index (χ0) is 14.8. The topological polar surface area (TPSA) is 99.1 Å². The molecule has 1 unspecified atom stereocenters. The number of hydrogen-bond acceptors (Lipinski definition) is 7. The number of ketones is 1. The van der Waals surface area contributed by atoms with Gasteiger partial charge in [0.05, 0.1) is 26.4 Å². The summed E-state index contributed by atoms with van der Waals surface area (Å²) < 4.78 is 14.3. The van der Waals surface area contributed by atoms with E-state index in [-0.39, 0.29) is 32.0 Å². The largest absolute Gasteiger partial charge is 0.394 e. The molecule has 0 aromatic rings. The summed E-state index contributed by atoms with van der Waals surface area (Å²) in [6.45, 7) is 5.89. The molecule has 0 bridgehead atoms. The van der Waals surface area contributed by atoms with E-state index < -0.39 is 23.8 Å². The Balaban J connectivity index is 4.24. The Labute approximate surface area is 111 Å². The van der Waals surface area contributed by atoms with E-state index in [0.29, 0.717) is 0 Å². The standard InChI is InChI=1S/C12H18O7/c1-8(2)11(15)19-12(16)10(9(3)14)18-7-6-17-5-4-13/h10,13H,1,4-7H2,2-3H3. The van der Waals surface area contributed by atoms with E-state index in [0.717, 1.165) is 6.92 Å². The second-order valence-corrected chi connectivity index (χ2v) is 3.69. The van der Waals surface area contributed by atoms with Crippen LogP contribution in [-0.4, -0.2) is 55.4 Å². The lowest BCUT2D eigenvalue weighted by Crippen LogP contribution is -2.35. The molecule has 0 amide bonds. The van der Waals surface area contributed by atoms with Gasteiger partial charge in [-0.1, -0.05) is 6.58 Å². The highest BCUT2D eigenvalue weighted by Crippen LogP contribution is 2.01. The summed E-state index contributed by atoms with van der Waals surface area (Å²) in [5.74, 6) is -2.57. The summed E-state index contributed by atoms with van der Waals surface area (Å²) in [6, 6.07) is 0. The maximum atomic E-state index is 11.5. The lowest BCUT2D eigenvalue weighted by Gasteiger charge is -2.13.